The SMILES string of the molecule is O=c1[nH]cnc(NC2COCC2Cl)c1Cl. The van der Waals surface area contributed by atoms with Gasteiger partial charge in [-0.05, 0) is 0 Å². The van der Waals surface area contributed by atoms with E-state index in [1.54, 1.807) is 0 Å². The molecule has 82 valence electrons. The van der Waals surface area contributed by atoms with E-state index in [-0.39, 0.29) is 22.0 Å². The first-order valence-electron chi connectivity index (χ1n) is 4.40. The van der Waals surface area contributed by atoms with Crippen LogP contribution in [0.5, 0.6) is 0 Å². The molecule has 1 aliphatic heterocycles. The lowest BCUT2D eigenvalue weighted by Crippen LogP contribution is -2.29. The van der Waals surface area contributed by atoms with Crippen molar-refractivity contribution in [2.45, 2.75) is 11.4 Å². The van der Waals surface area contributed by atoms with E-state index in [1.165, 1.54) is 6.33 Å². The van der Waals surface area contributed by atoms with Gasteiger partial charge >= 0.3 is 0 Å². The molecule has 1 saturated heterocycles. The zero-order chi connectivity index (χ0) is 10.8. The van der Waals surface area contributed by atoms with Gasteiger partial charge in [-0.15, -0.1) is 11.6 Å². The fourth-order valence-electron chi connectivity index (χ4n) is 1.32. The van der Waals surface area contributed by atoms with Gasteiger partial charge in [-0.3, -0.25) is 4.79 Å². The predicted octanol–water partition coefficient (Wildman–Crippen LogP) is 0.841. The van der Waals surface area contributed by atoms with Crippen LogP contribution in [0.3, 0.4) is 0 Å². The van der Waals surface area contributed by atoms with Gasteiger partial charge in [0, 0.05) is 0 Å². The first kappa shape index (κ1) is 10.7. The van der Waals surface area contributed by atoms with Crippen LogP contribution >= 0.6 is 23.2 Å². The maximum Gasteiger partial charge on any atom is 0.271 e. The lowest BCUT2D eigenvalue weighted by atomic mass is 10.2. The van der Waals surface area contributed by atoms with E-state index >= 15 is 0 Å². The van der Waals surface area contributed by atoms with E-state index in [2.05, 4.69) is 15.3 Å². The van der Waals surface area contributed by atoms with Gasteiger partial charge in [0.05, 0.1) is 31.0 Å². The molecule has 2 unspecified atom stereocenters. The zero-order valence-corrected chi connectivity index (χ0v) is 9.18. The highest BCUT2D eigenvalue weighted by molar-refractivity contribution is 6.32. The zero-order valence-electron chi connectivity index (χ0n) is 7.67. The number of hydrogen-bond acceptors (Lipinski definition) is 4. The van der Waals surface area contributed by atoms with E-state index in [0.717, 1.165) is 0 Å². The Morgan fingerprint density at radius 3 is 3.07 bits per heavy atom. The molecule has 0 amide bonds. The molecule has 7 heteroatoms. The summed E-state index contributed by atoms with van der Waals surface area (Å²) in [5.74, 6) is 0.335. The van der Waals surface area contributed by atoms with Crippen molar-refractivity contribution >= 4 is 29.0 Å². The molecule has 1 aromatic heterocycles. The van der Waals surface area contributed by atoms with E-state index in [0.29, 0.717) is 19.0 Å². The fourth-order valence-corrected chi connectivity index (χ4v) is 1.70. The molecule has 0 spiro atoms. The Bertz CT molecular complexity index is 409. The molecular weight excluding hydrogens is 241 g/mol. The van der Waals surface area contributed by atoms with Crippen LogP contribution in [0.25, 0.3) is 0 Å². The van der Waals surface area contributed by atoms with Crippen LogP contribution in [-0.4, -0.2) is 34.6 Å². The second-order valence-corrected chi connectivity index (χ2v) is 4.14. The largest absolute Gasteiger partial charge is 0.378 e. The number of nitrogens with one attached hydrogen (secondary N) is 2. The molecule has 0 aromatic carbocycles. The van der Waals surface area contributed by atoms with Gasteiger partial charge in [0.15, 0.2) is 5.82 Å². The van der Waals surface area contributed by atoms with Gasteiger partial charge in [0.25, 0.3) is 5.56 Å². The van der Waals surface area contributed by atoms with Crippen molar-refractivity contribution in [1.29, 1.82) is 0 Å². The summed E-state index contributed by atoms with van der Waals surface area (Å²) in [5, 5.41) is 2.88. The van der Waals surface area contributed by atoms with Crippen LogP contribution in [0.2, 0.25) is 5.02 Å². The third-order valence-corrected chi connectivity index (χ3v) is 2.91. The molecule has 1 aliphatic rings. The summed E-state index contributed by atoms with van der Waals surface area (Å²) in [6, 6.07) is -0.0709. The summed E-state index contributed by atoms with van der Waals surface area (Å²) < 4.78 is 5.16. The fraction of sp³-hybridized carbons (Fsp3) is 0.500. The normalized spacial score (nSPS) is 25.5. The van der Waals surface area contributed by atoms with Crippen molar-refractivity contribution in [2.75, 3.05) is 18.5 Å². The van der Waals surface area contributed by atoms with Crippen molar-refractivity contribution < 1.29 is 4.74 Å². The maximum absolute atomic E-state index is 11.2. The van der Waals surface area contributed by atoms with Crippen molar-refractivity contribution in [3.63, 3.8) is 0 Å². The molecule has 2 N–H and O–H groups in total. The molecule has 2 rings (SSSR count). The van der Waals surface area contributed by atoms with Gasteiger partial charge in [0.1, 0.15) is 5.02 Å². The second-order valence-electron chi connectivity index (χ2n) is 3.20. The number of ether oxygens (including phenoxy) is 1. The molecule has 0 bridgehead atoms. The number of H-pyrrole nitrogens is 1. The number of alkyl halides is 1. The van der Waals surface area contributed by atoms with E-state index in [9.17, 15) is 4.79 Å². The maximum atomic E-state index is 11.2. The number of rotatable bonds is 2. The van der Waals surface area contributed by atoms with Gasteiger partial charge in [0.2, 0.25) is 0 Å². The predicted molar refractivity (Wildman–Crippen MR) is 57.7 cm³/mol. The van der Waals surface area contributed by atoms with E-state index in [1.807, 2.05) is 0 Å². The Morgan fingerprint density at radius 2 is 2.40 bits per heavy atom. The molecule has 0 aliphatic carbocycles. The average Bonchev–Trinajstić information content (AvgIpc) is 2.60. The summed E-state index contributed by atoms with van der Waals surface area (Å²) in [7, 11) is 0. The van der Waals surface area contributed by atoms with Gasteiger partial charge in [-0.25, -0.2) is 4.98 Å². The van der Waals surface area contributed by atoms with Crippen LogP contribution in [0, 0.1) is 0 Å². The molecular formula is C8H9Cl2N3O2. The lowest BCUT2D eigenvalue weighted by Gasteiger charge is -2.14. The topological polar surface area (TPSA) is 67.0 Å². The minimum Gasteiger partial charge on any atom is -0.378 e. The summed E-state index contributed by atoms with van der Waals surface area (Å²) in [6.45, 7) is 0.971. The van der Waals surface area contributed by atoms with Crippen LogP contribution in [0.1, 0.15) is 0 Å². The molecule has 0 radical (unpaired) electrons. The molecule has 15 heavy (non-hydrogen) atoms. The number of aromatic nitrogens is 2. The van der Waals surface area contributed by atoms with Crippen LogP contribution in [-0.2, 0) is 4.74 Å². The van der Waals surface area contributed by atoms with Crippen molar-refractivity contribution in [1.82, 2.24) is 9.97 Å². The third kappa shape index (κ3) is 2.25. The Morgan fingerprint density at radius 1 is 1.60 bits per heavy atom. The Labute approximate surface area is 95.8 Å². The van der Waals surface area contributed by atoms with Gasteiger partial charge in [-0.2, -0.15) is 0 Å². The highest BCUT2D eigenvalue weighted by atomic mass is 35.5. The van der Waals surface area contributed by atoms with Crippen LogP contribution in [0.4, 0.5) is 5.82 Å². The van der Waals surface area contributed by atoms with Gasteiger partial charge < -0.3 is 15.0 Å². The first-order chi connectivity index (χ1) is 7.18. The molecule has 2 heterocycles. The lowest BCUT2D eigenvalue weighted by molar-refractivity contribution is 0.196. The monoisotopic (exact) mass is 249 g/mol. The average molecular weight is 250 g/mol. The van der Waals surface area contributed by atoms with Crippen molar-refractivity contribution in [3.8, 4) is 0 Å². The Balaban J connectivity index is 2.17. The molecule has 1 fully saturated rings. The Hall–Kier alpha value is -0.780. The minimum absolute atomic E-state index is 0.0354. The standard InChI is InChI=1S/C8H9Cl2N3O2/c9-4-1-15-2-5(4)13-7-6(10)8(14)12-3-11-7/h3-5H,1-2H2,(H2,11,12,13,14). The summed E-state index contributed by atoms with van der Waals surface area (Å²) in [4.78, 5) is 17.5. The number of nitrogens with zero attached hydrogens (tertiary/aromatic N) is 1. The number of hydrogen-bond donors (Lipinski definition) is 2. The minimum atomic E-state index is -0.376. The van der Waals surface area contributed by atoms with E-state index < -0.39 is 0 Å². The van der Waals surface area contributed by atoms with Crippen molar-refractivity contribution in [2.24, 2.45) is 0 Å². The van der Waals surface area contributed by atoms with Crippen LogP contribution in [0.15, 0.2) is 11.1 Å². The van der Waals surface area contributed by atoms with Crippen molar-refractivity contribution in [3.05, 3.63) is 21.7 Å². The number of halogens is 2. The van der Waals surface area contributed by atoms with Gasteiger partial charge in [-0.1, -0.05) is 11.6 Å². The summed E-state index contributed by atoms with van der Waals surface area (Å²) in [6.07, 6.45) is 1.29. The quantitative estimate of drug-likeness (QED) is 0.763. The highest BCUT2D eigenvalue weighted by Crippen LogP contribution is 2.19. The molecule has 0 saturated carbocycles. The first-order valence-corrected chi connectivity index (χ1v) is 5.21. The summed E-state index contributed by atoms with van der Waals surface area (Å²) in [5.41, 5.74) is -0.376. The number of aromatic amines is 1. The molecule has 5 nitrogen and oxygen atoms in total. The Kier molecular flexibility index (Phi) is 3.14. The third-order valence-electron chi connectivity index (χ3n) is 2.13. The van der Waals surface area contributed by atoms with Crippen LogP contribution < -0.4 is 10.9 Å². The smallest absolute Gasteiger partial charge is 0.271 e. The molecule has 1 aromatic rings. The number of anilines is 1. The second kappa shape index (κ2) is 4.38. The highest BCUT2D eigenvalue weighted by Gasteiger charge is 2.27. The van der Waals surface area contributed by atoms with E-state index in [4.69, 9.17) is 27.9 Å². The summed E-state index contributed by atoms with van der Waals surface area (Å²) >= 11 is 11.7. The molecule has 2 atom stereocenters.